The number of aliphatic hydroxyl groups excluding tert-OH is 2. The maximum atomic E-state index is 10.9. The normalized spacial score (nSPS) is 37.3. The summed E-state index contributed by atoms with van der Waals surface area (Å²) in [7, 11) is 0. The first kappa shape index (κ1) is 8.68. The van der Waals surface area contributed by atoms with Gasteiger partial charge in [-0.05, 0) is 0 Å². The topological polar surface area (TPSA) is 57.5 Å². The highest BCUT2D eigenvalue weighted by atomic mass is 16.3. The molecule has 0 aromatic carbocycles. The number of Topliss-reactive ketones (excluding diaryl/α,β-unsaturated/α-hetero) is 1. The molecule has 0 spiro atoms. The van der Waals surface area contributed by atoms with Gasteiger partial charge in [0.15, 0.2) is 0 Å². The zero-order valence-corrected chi connectivity index (χ0v) is 6.87. The third-order valence-electron chi connectivity index (χ3n) is 2.56. The molecule has 2 N–H and O–H groups in total. The van der Waals surface area contributed by atoms with Crippen molar-refractivity contribution < 1.29 is 15.0 Å². The van der Waals surface area contributed by atoms with Crippen LogP contribution < -0.4 is 0 Å². The second-order valence-corrected chi connectivity index (χ2v) is 3.80. The summed E-state index contributed by atoms with van der Waals surface area (Å²) in [5, 5.41) is 18.8. The summed E-state index contributed by atoms with van der Waals surface area (Å²) in [5.74, 6) is -0.0516. The van der Waals surface area contributed by atoms with E-state index in [0.717, 1.165) is 0 Å². The Morgan fingerprint density at radius 2 is 1.64 bits per heavy atom. The van der Waals surface area contributed by atoms with E-state index in [4.69, 9.17) is 0 Å². The summed E-state index contributed by atoms with van der Waals surface area (Å²) in [5.41, 5.74) is -0.534. The van der Waals surface area contributed by atoms with Gasteiger partial charge in [0.05, 0.1) is 12.2 Å². The van der Waals surface area contributed by atoms with Gasteiger partial charge in [-0.1, -0.05) is 13.8 Å². The van der Waals surface area contributed by atoms with Crippen LogP contribution in [-0.4, -0.2) is 28.2 Å². The van der Waals surface area contributed by atoms with Gasteiger partial charge in [-0.15, -0.1) is 0 Å². The van der Waals surface area contributed by atoms with Crippen LogP contribution in [0.15, 0.2) is 0 Å². The molecule has 0 saturated heterocycles. The van der Waals surface area contributed by atoms with Crippen molar-refractivity contribution in [2.24, 2.45) is 5.41 Å². The summed E-state index contributed by atoms with van der Waals surface area (Å²) in [4.78, 5) is 10.9. The first-order valence-corrected chi connectivity index (χ1v) is 3.82. The van der Waals surface area contributed by atoms with E-state index in [9.17, 15) is 15.0 Å². The van der Waals surface area contributed by atoms with Gasteiger partial charge in [-0.25, -0.2) is 0 Å². The molecule has 0 radical (unpaired) electrons. The predicted octanol–water partition coefficient (Wildman–Crippen LogP) is 0.0973. The number of carbonyl (C=O) groups is 1. The van der Waals surface area contributed by atoms with Crippen LogP contribution in [0.4, 0.5) is 0 Å². The predicted molar refractivity (Wildman–Crippen MR) is 40.0 cm³/mol. The summed E-state index contributed by atoms with van der Waals surface area (Å²) in [6, 6.07) is 0. The Labute approximate surface area is 66.0 Å². The van der Waals surface area contributed by atoms with Crippen LogP contribution in [0, 0.1) is 5.41 Å². The third-order valence-corrected chi connectivity index (χ3v) is 2.56. The lowest BCUT2D eigenvalue weighted by Crippen LogP contribution is -2.47. The van der Waals surface area contributed by atoms with Crippen molar-refractivity contribution in [3.63, 3.8) is 0 Å². The average molecular weight is 158 g/mol. The van der Waals surface area contributed by atoms with E-state index in [0.29, 0.717) is 0 Å². The van der Waals surface area contributed by atoms with Crippen molar-refractivity contribution in [3.05, 3.63) is 0 Å². The summed E-state index contributed by atoms with van der Waals surface area (Å²) in [6.45, 7) is 3.55. The third kappa shape index (κ3) is 1.44. The van der Waals surface area contributed by atoms with Gasteiger partial charge in [-0.3, -0.25) is 4.79 Å². The Kier molecular flexibility index (Phi) is 2.03. The van der Waals surface area contributed by atoms with Gasteiger partial charge in [0.25, 0.3) is 0 Å². The van der Waals surface area contributed by atoms with Crippen molar-refractivity contribution in [1.82, 2.24) is 0 Å². The lowest BCUT2D eigenvalue weighted by molar-refractivity contribution is -0.139. The average Bonchev–Trinajstić information content (AvgIpc) is 1.84. The molecule has 1 aliphatic carbocycles. The maximum absolute atomic E-state index is 10.9. The van der Waals surface area contributed by atoms with E-state index in [1.54, 1.807) is 13.8 Å². The fourth-order valence-corrected chi connectivity index (χ4v) is 1.26. The maximum Gasteiger partial charge on any atom is 0.138 e. The first-order valence-electron chi connectivity index (χ1n) is 3.82. The van der Waals surface area contributed by atoms with E-state index >= 15 is 0 Å². The van der Waals surface area contributed by atoms with E-state index in [1.165, 1.54) is 0 Å². The highest BCUT2D eigenvalue weighted by Crippen LogP contribution is 2.34. The van der Waals surface area contributed by atoms with Gasteiger partial charge < -0.3 is 10.2 Å². The molecular formula is C8H14O3. The quantitative estimate of drug-likeness (QED) is 0.525. The van der Waals surface area contributed by atoms with Crippen LogP contribution >= 0.6 is 0 Å². The molecule has 3 nitrogen and oxygen atoms in total. The van der Waals surface area contributed by atoms with Crippen LogP contribution in [0.25, 0.3) is 0 Å². The molecule has 0 amide bonds. The standard InChI is InChI=1S/C8H14O3/c1-8(2)6(10)3-5(9)4-7(8)11/h6-7,10-11H,3-4H2,1-2H3. The SMILES string of the molecule is CC1(C)C(O)CC(=O)CC1O. The number of hydrogen-bond acceptors (Lipinski definition) is 3. The molecule has 1 rings (SSSR count). The lowest BCUT2D eigenvalue weighted by Gasteiger charge is -2.38. The zero-order valence-electron chi connectivity index (χ0n) is 6.87. The molecule has 0 aromatic rings. The van der Waals surface area contributed by atoms with Gasteiger partial charge in [0.2, 0.25) is 0 Å². The Hall–Kier alpha value is -0.410. The molecule has 2 unspecified atom stereocenters. The van der Waals surface area contributed by atoms with Crippen LogP contribution in [0.2, 0.25) is 0 Å². The first-order chi connectivity index (χ1) is 4.94. The van der Waals surface area contributed by atoms with Gasteiger partial charge in [-0.2, -0.15) is 0 Å². The van der Waals surface area contributed by atoms with Crippen molar-refractivity contribution in [3.8, 4) is 0 Å². The highest BCUT2D eigenvalue weighted by molar-refractivity contribution is 5.80. The fraction of sp³-hybridized carbons (Fsp3) is 0.875. The molecule has 0 bridgehead atoms. The second-order valence-electron chi connectivity index (χ2n) is 3.80. The molecular weight excluding hydrogens is 144 g/mol. The van der Waals surface area contributed by atoms with E-state index < -0.39 is 17.6 Å². The Morgan fingerprint density at radius 1 is 1.27 bits per heavy atom. The van der Waals surface area contributed by atoms with E-state index in [2.05, 4.69) is 0 Å². The molecule has 1 aliphatic rings. The van der Waals surface area contributed by atoms with Gasteiger partial charge >= 0.3 is 0 Å². The lowest BCUT2D eigenvalue weighted by atomic mass is 9.72. The molecule has 1 saturated carbocycles. The number of rotatable bonds is 0. The number of ketones is 1. The number of carbonyl (C=O) groups excluding carboxylic acids is 1. The number of hydrogen-bond donors (Lipinski definition) is 2. The van der Waals surface area contributed by atoms with Crippen molar-refractivity contribution in [1.29, 1.82) is 0 Å². The molecule has 2 atom stereocenters. The summed E-state index contributed by atoms with van der Waals surface area (Å²) < 4.78 is 0. The molecule has 64 valence electrons. The van der Waals surface area contributed by atoms with Crippen LogP contribution in [0.3, 0.4) is 0 Å². The molecule has 1 fully saturated rings. The minimum atomic E-state index is -0.696. The zero-order chi connectivity index (χ0) is 8.65. The van der Waals surface area contributed by atoms with Crippen molar-refractivity contribution in [2.45, 2.75) is 38.9 Å². The van der Waals surface area contributed by atoms with Crippen molar-refractivity contribution >= 4 is 5.78 Å². The van der Waals surface area contributed by atoms with E-state index in [1.807, 2.05) is 0 Å². The van der Waals surface area contributed by atoms with E-state index in [-0.39, 0.29) is 18.6 Å². The van der Waals surface area contributed by atoms with Crippen LogP contribution in [0.1, 0.15) is 26.7 Å². The Bertz CT molecular complexity index is 158. The molecule has 0 aliphatic heterocycles. The van der Waals surface area contributed by atoms with Crippen LogP contribution in [0.5, 0.6) is 0 Å². The molecule has 3 heteroatoms. The second kappa shape index (κ2) is 2.57. The highest BCUT2D eigenvalue weighted by Gasteiger charge is 2.41. The largest absolute Gasteiger partial charge is 0.392 e. The Morgan fingerprint density at radius 3 is 2.00 bits per heavy atom. The smallest absolute Gasteiger partial charge is 0.138 e. The number of aliphatic hydroxyl groups is 2. The molecule has 0 heterocycles. The minimum Gasteiger partial charge on any atom is -0.392 e. The summed E-state index contributed by atoms with van der Waals surface area (Å²) in [6.07, 6.45) is -1.02. The van der Waals surface area contributed by atoms with Gasteiger partial charge in [0, 0.05) is 18.3 Å². The fourth-order valence-electron chi connectivity index (χ4n) is 1.26. The minimum absolute atomic E-state index is 0.0516. The summed E-state index contributed by atoms with van der Waals surface area (Å²) >= 11 is 0. The molecule has 11 heavy (non-hydrogen) atoms. The van der Waals surface area contributed by atoms with Crippen LogP contribution in [-0.2, 0) is 4.79 Å². The van der Waals surface area contributed by atoms with Crippen molar-refractivity contribution in [2.75, 3.05) is 0 Å². The monoisotopic (exact) mass is 158 g/mol. The van der Waals surface area contributed by atoms with Gasteiger partial charge in [0.1, 0.15) is 5.78 Å². The Balaban J connectivity index is 2.75. The molecule has 0 aromatic heterocycles.